The van der Waals surface area contributed by atoms with Crippen molar-refractivity contribution >= 4 is 11.8 Å². The Bertz CT molecular complexity index is 1310. The lowest BCUT2D eigenvalue weighted by molar-refractivity contribution is -0.0964. The fourth-order valence-electron chi connectivity index (χ4n) is 5.93. The van der Waals surface area contributed by atoms with Crippen LogP contribution in [0, 0.1) is 11.6 Å². The number of alkyl halides is 2. The number of hydrogen-bond donors (Lipinski definition) is 1. The Hall–Kier alpha value is -3.25. The molecule has 0 radical (unpaired) electrons. The van der Waals surface area contributed by atoms with Crippen LogP contribution in [0.25, 0.3) is 0 Å². The molecule has 0 aromatic heterocycles. The van der Waals surface area contributed by atoms with Crippen molar-refractivity contribution in [3.63, 3.8) is 0 Å². The summed E-state index contributed by atoms with van der Waals surface area (Å²) in [5.41, 5.74) is 0.448. The highest BCUT2D eigenvalue weighted by Crippen LogP contribution is 2.46. The molecule has 5 rings (SSSR count). The molecule has 0 aliphatic carbocycles. The van der Waals surface area contributed by atoms with E-state index in [0.29, 0.717) is 43.0 Å². The van der Waals surface area contributed by atoms with Gasteiger partial charge in [-0.25, -0.2) is 22.4 Å². The molecule has 12 heteroatoms. The third kappa shape index (κ3) is 6.39. The van der Waals surface area contributed by atoms with Gasteiger partial charge < -0.3 is 29.2 Å². The summed E-state index contributed by atoms with van der Waals surface area (Å²) >= 11 is 0. The second kappa shape index (κ2) is 11.4. The van der Waals surface area contributed by atoms with Crippen LogP contribution in [0.4, 0.5) is 28.0 Å². The minimum Gasteiger partial charge on any atom is -0.454 e. The molecule has 1 saturated heterocycles. The minimum atomic E-state index is -3.26. The largest absolute Gasteiger partial charge is 0.454 e. The number of fused-ring (bicyclic) bond motifs is 2. The summed E-state index contributed by atoms with van der Waals surface area (Å²) < 4.78 is 82.8. The zero-order chi connectivity index (χ0) is 30.4. The predicted octanol–water partition coefficient (Wildman–Crippen LogP) is 5.73. The van der Waals surface area contributed by atoms with E-state index in [4.69, 9.17) is 18.9 Å². The maximum Gasteiger partial charge on any atom is 0.410 e. The number of carbonyl (C=O) groups excluding carboxylic acids is 1. The van der Waals surface area contributed by atoms with Gasteiger partial charge in [-0.05, 0) is 75.9 Å². The number of hydrogen-bond acceptors (Lipinski definition) is 7. The number of ether oxygens (including phenoxy) is 4. The van der Waals surface area contributed by atoms with Gasteiger partial charge >= 0.3 is 6.09 Å². The smallest absolute Gasteiger partial charge is 0.410 e. The van der Waals surface area contributed by atoms with Gasteiger partial charge in [-0.1, -0.05) is 0 Å². The van der Waals surface area contributed by atoms with Gasteiger partial charge in [0.1, 0.15) is 23.8 Å². The number of benzene rings is 2. The maximum absolute atomic E-state index is 16.0. The predicted molar refractivity (Wildman–Crippen MR) is 147 cm³/mol. The fourth-order valence-corrected chi connectivity index (χ4v) is 5.93. The Kier molecular flexibility index (Phi) is 8.23. The number of halogens is 4. The Labute approximate surface area is 242 Å². The van der Waals surface area contributed by atoms with E-state index in [0.717, 1.165) is 5.56 Å². The van der Waals surface area contributed by atoms with Crippen molar-refractivity contribution in [2.24, 2.45) is 0 Å². The summed E-state index contributed by atoms with van der Waals surface area (Å²) in [5.74, 6) is -4.10. The molecule has 1 fully saturated rings. The van der Waals surface area contributed by atoms with Crippen LogP contribution in [-0.4, -0.2) is 79.6 Å². The van der Waals surface area contributed by atoms with E-state index < -0.39 is 54.5 Å². The molecule has 8 nitrogen and oxygen atoms in total. The molecule has 230 valence electrons. The van der Waals surface area contributed by atoms with Crippen molar-refractivity contribution < 1.29 is 41.3 Å². The fraction of sp³-hybridized carbons (Fsp3) is 0.567. The average Bonchev–Trinajstić information content (AvgIpc) is 3.52. The van der Waals surface area contributed by atoms with Gasteiger partial charge in [-0.3, -0.25) is 4.90 Å². The van der Waals surface area contributed by atoms with E-state index in [1.165, 1.54) is 24.1 Å². The van der Waals surface area contributed by atoms with Crippen LogP contribution in [0.15, 0.2) is 24.3 Å². The molecule has 0 bridgehead atoms. The first-order valence-electron chi connectivity index (χ1n) is 14.0. The highest BCUT2D eigenvalue weighted by Gasteiger charge is 2.43. The zero-order valence-electron chi connectivity index (χ0n) is 24.4. The first-order valence-corrected chi connectivity index (χ1v) is 14.0. The number of rotatable bonds is 7. The number of nitrogens with zero attached hydrogens (tertiary/aromatic N) is 2. The van der Waals surface area contributed by atoms with Crippen molar-refractivity contribution in [3.8, 4) is 11.5 Å². The number of methoxy groups -OCH3 is 1. The van der Waals surface area contributed by atoms with E-state index in [-0.39, 0.29) is 24.1 Å². The number of likely N-dealkylation sites (tertiary alicyclic amines) is 1. The number of nitrogens with one attached hydrogen (secondary N) is 1. The van der Waals surface area contributed by atoms with Crippen molar-refractivity contribution in [2.45, 2.75) is 70.2 Å². The van der Waals surface area contributed by atoms with Gasteiger partial charge in [0.25, 0.3) is 5.92 Å². The first-order chi connectivity index (χ1) is 19.7. The second-order valence-electron chi connectivity index (χ2n) is 12.2. The molecule has 42 heavy (non-hydrogen) atoms. The molecule has 3 heterocycles. The standard InChI is InChI=1S/C30H37F4N3O5/c1-17-8-18-9-24-25(41-16-40-24)12-21(18)27(37(17)14-30(33,34)15-39-5)26-22(31)10-20(11-23(26)32)35-19-6-7-36(13-19)28(38)42-29(2,3)4/h9-12,17,19,27,35H,6-8,13-16H2,1-5H3/t17-,19+,27+/m1/s1. The maximum atomic E-state index is 16.0. The van der Waals surface area contributed by atoms with Crippen LogP contribution in [0.3, 0.4) is 0 Å². The Morgan fingerprint density at radius 3 is 2.40 bits per heavy atom. The topological polar surface area (TPSA) is 72.5 Å². The number of amides is 1. The van der Waals surface area contributed by atoms with E-state index in [1.807, 2.05) is 0 Å². The molecule has 3 aliphatic rings. The molecule has 2 aromatic rings. The lowest BCUT2D eigenvalue weighted by Gasteiger charge is -2.43. The van der Waals surface area contributed by atoms with Crippen LogP contribution >= 0.6 is 0 Å². The Balaban J connectivity index is 1.45. The Morgan fingerprint density at radius 1 is 1.10 bits per heavy atom. The lowest BCUT2D eigenvalue weighted by Crippen LogP contribution is -2.49. The van der Waals surface area contributed by atoms with Gasteiger partial charge in [0.15, 0.2) is 11.5 Å². The SMILES string of the molecule is COCC(F)(F)CN1[C@H](c2c(F)cc(N[C@H]3CCN(C(=O)OC(C)(C)C)C3)cc2F)c2cc3c(cc2C[C@H]1C)OCO3. The highest BCUT2D eigenvalue weighted by atomic mass is 19.3. The summed E-state index contributed by atoms with van der Waals surface area (Å²) in [6, 6.07) is 3.86. The monoisotopic (exact) mass is 595 g/mol. The molecule has 3 aliphatic heterocycles. The average molecular weight is 596 g/mol. The van der Waals surface area contributed by atoms with Crippen LogP contribution in [-0.2, 0) is 15.9 Å². The molecule has 1 amide bonds. The molecular formula is C30H37F4N3O5. The first kappa shape index (κ1) is 30.2. The van der Waals surface area contributed by atoms with E-state index in [2.05, 4.69) is 5.32 Å². The van der Waals surface area contributed by atoms with Crippen molar-refractivity contribution in [1.82, 2.24) is 9.80 Å². The van der Waals surface area contributed by atoms with E-state index >= 15 is 8.78 Å². The molecule has 3 atom stereocenters. The van der Waals surface area contributed by atoms with Crippen molar-refractivity contribution in [2.75, 3.05) is 45.5 Å². The lowest BCUT2D eigenvalue weighted by atomic mass is 9.84. The molecule has 0 unspecified atom stereocenters. The highest BCUT2D eigenvalue weighted by molar-refractivity contribution is 5.68. The number of anilines is 1. The molecule has 1 N–H and O–H groups in total. The van der Waals surface area contributed by atoms with Crippen LogP contribution < -0.4 is 14.8 Å². The van der Waals surface area contributed by atoms with Crippen LogP contribution in [0.5, 0.6) is 11.5 Å². The summed E-state index contributed by atoms with van der Waals surface area (Å²) in [6.45, 7) is 6.26. The zero-order valence-corrected chi connectivity index (χ0v) is 24.4. The summed E-state index contributed by atoms with van der Waals surface area (Å²) in [7, 11) is 1.18. The summed E-state index contributed by atoms with van der Waals surface area (Å²) in [4.78, 5) is 15.4. The van der Waals surface area contributed by atoms with E-state index in [1.54, 1.807) is 44.7 Å². The molecule has 0 spiro atoms. The van der Waals surface area contributed by atoms with Gasteiger partial charge in [0.2, 0.25) is 6.79 Å². The molecule has 0 saturated carbocycles. The van der Waals surface area contributed by atoms with Gasteiger partial charge in [0, 0.05) is 43.5 Å². The van der Waals surface area contributed by atoms with Crippen molar-refractivity contribution in [1.29, 1.82) is 0 Å². The van der Waals surface area contributed by atoms with Crippen LogP contribution in [0.1, 0.15) is 56.8 Å². The van der Waals surface area contributed by atoms with E-state index in [9.17, 15) is 13.6 Å². The summed E-state index contributed by atoms with van der Waals surface area (Å²) in [5, 5.41) is 3.11. The van der Waals surface area contributed by atoms with Crippen molar-refractivity contribution in [3.05, 3.63) is 52.6 Å². The van der Waals surface area contributed by atoms with Gasteiger partial charge in [-0.15, -0.1) is 0 Å². The molecular weight excluding hydrogens is 558 g/mol. The normalized spacial score (nSPS) is 22.3. The third-order valence-electron chi connectivity index (χ3n) is 7.67. The third-order valence-corrected chi connectivity index (χ3v) is 7.67. The van der Waals surface area contributed by atoms with Gasteiger partial charge in [-0.2, -0.15) is 0 Å². The second-order valence-corrected chi connectivity index (χ2v) is 12.2. The number of carbonyl (C=O) groups is 1. The minimum absolute atomic E-state index is 0.00365. The van der Waals surface area contributed by atoms with Gasteiger partial charge in [0.05, 0.1) is 12.6 Å². The Morgan fingerprint density at radius 2 is 1.76 bits per heavy atom. The quantitative estimate of drug-likeness (QED) is 0.410. The van der Waals surface area contributed by atoms with Crippen LogP contribution in [0.2, 0.25) is 0 Å². The summed E-state index contributed by atoms with van der Waals surface area (Å²) in [6.07, 6.45) is 0.494. The molecule has 2 aromatic carbocycles.